The first kappa shape index (κ1) is 20.6. The van der Waals surface area contributed by atoms with Crippen LogP contribution in [0.25, 0.3) is 0 Å². The van der Waals surface area contributed by atoms with Crippen LogP contribution in [0.15, 0.2) is 36.4 Å². The van der Waals surface area contributed by atoms with Crippen molar-refractivity contribution in [2.75, 3.05) is 35.5 Å². The Balaban J connectivity index is 2.07. The number of fused-ring (bicyclic) bond motifs is 2. The Labute approximate surface area is 172 Å². The third-order valence-electron chi connectivity index (χ3n) is 4.49. The number of halogens is 2. The molecule has 0 spiro atoms. The molecule has 1 aliphatic carbocycles. The third kappa shape index (κ3) is 4.00. The Morgan fingerprint density at radius 3 is 1.50 bits per heavy atom. The van der Waals surface area contributed by atoms with Crippen LogP contribution in [0.2, 0.25) is 0 Å². The second-order valence-electron chi connectivity index (χ2n) is 6.49. The van der Waals surface area contributed by atoms with Crippen molar-refractivity contribution in [3.8, 4) is 0 Å². The highest BCUT2D eigenvalue weighted by Gasteiger charge is 2.33. The van der Waals surface area contributed by atoms with E-state index in [-0.39, 0.29) is 47.5 Å². The van der Waals surface area contributed by atoms with E-state index in [1.165, 1.54) is 0 Å². The van der Waals surface area contributed by atoms with Crippen LogP contribution in [0, 0.1) is 0 Å². The Hall–Kier alpha value is -2.12. The topological polar surface area (TPSA) is 98.7 Å². The molecule has 8 heteroatoms. The minimum absolute atomic E-state index is 0.0425. The van der Waals surface area contributed by atoms with Crippen LogP contribution in [-0.2, 0) is 0 Å². The molecular formula is C20H20Cl2N2O4. The van der Waals surface area contributed by atoms with E-state index in [1.54, 1.807) is 36.4 Å². The third-order valence-corrected chi connectivity index (χ3v) is 5.20. The fourth-order valence-corrected chi connectivity index (χ4v) is 3.30. The summed E-state index contributed by atoms with van der Waals surface area (Å²) in [5, 5.41) is 25.5. The van der Waals surface area contributed by atoms with Crippen molar-refractivity contribution in [1.29, 1.82) is 0 Å². The fraction of sp³-hybridized carbons (Fsp3) is 0.300. The Bertz CT molecular complexity index is 832. The molecule has 0 saturated carbocycles. The monoisotopic (exact) mass is 422 g/mol. The maximum atomic E-state index is 13.2. The molecule has 0 radical (unpaired) electrons. The van der Waals surface area contributed by atoms with Gasteiger partial charge in [0, 0.05) is 35.6 Å². The summed E-state index contributed by atoms with van der Waals surface area (Å²) < 4.78 is 0. The van der Waals surface area contributed by atoms with E-state index < -0.39 is 12.2 Å². The van der Waals surface area contributed by atoms with Gasteiger partial charge in [-0.3, -0.25) is 9.59 Å². The highest BCUT2D eigenvalue weighted by atomic mass is 35.5. The number of anilines is 2. The Morgan fingerprint density at radius 1 is 0.750 bits per heavy atom. The van der Waals surface area contributed by atoms with Crippen molar-refractivity contribution < 1.29 is 19.8 Å². The minimum atomic E-state index is -0.796. The molecule has 1 aliphatic rings. The highest BCUT2D eigenvalue weighted by molar-refractivity contribution is 6.31. The molecule has 3 rings (SSSR count). The Kier molecular flexibility index (Phi) is 6.57. The first-order valence-corrected chi connectivity index (χ1v) is 9.86. The lowest BCUT2D eigenvalue weighted by atomic mass is 9.82. The summed E-state index contributed by atoms with van der Waals surface area (Å²) in [4.78, 5) is 26.3. The number of aliphatic hydroxyl groups is 2. The van der Waals surface area contributed by atoms with Crippen LogP contribution < -0.4 is 10.6 Å². The first-order chi connectivity index (χ1) is 13.5. The lowest BCUT2D eigenvalue weighted by Gasteiger charge is -2.24. The highest BCUT2D eigenvalue weighted by Crippen LogP contribution is 2.36. The molecule has 0 aromatic heterocycles. The van der Waals surface area contributed by atoms with Gasteiger partial charge in [0.2, 0.25) is 0 Å². The number of alkyl halides is 2. The van der Waals surface area contributed by atoms with E-state index >= 15 is 0 Å². The summed E-state index contributed by atoms with van der Waals surface area (Å²) in [7, 11) is 0. The molecule has 0 saturated heterocycles. The van der Waals surface area contributed by atoms with Gasteiger partial charge in [-0.2, -0.15) is 0 Å². The zero-order chi connectivity index (χ0) is 20.3. The van der Waals surface area contributed by atoms with Crippen molar-refractivity contribution >= 4 is 46.1 Å². The maximum absolute atomic E-state index is 13.2. The number of hydrogen-bond acceptors (Lipinski definition) is 6. The molecular weight excluding hydrogens is 403 g/mol. The molecule has 0 unspecified atom stereocenters. The van der Waals surface area contributed by atoms with E-state index in [1.807, 2.05) is 0 Å². The van der Waals surface area contributed by atoms with Crippen molar-refractivity contribution in [1.82, 2.24) is 0 Å². The standard InChI is InChI=1S/C20H20Cl2N2O4/c21-7-11(25)9-23-15-5-6-16(24-10-12(26)8-22)18-17(15)19(27)13-3-1-2-4-14(13)20(18)28/h1-6,11-12,23-26H,7-10H2/t11-,12-/m1/s1. The largest absolute Gasteiger partial charge is 0.390 e. The van der Waals surface area contributed by atoms with Crippen LogP contribution in [0.5, 0.6) is 0 Å². The second kappa shape index (κ2) is 8.92. The van der Waals surface area contributed by atoms with E-state index in [4.69, 9.17) is 23.2 Å². The molecule has 0 amide bonds. The first-order valence-electron chi connectivity index (χ1n) is 8.79. The molecule has 0 heterocycles. The zero-order valence-corrected chi connectivity index (χ0v) is 16.4. The minimum Gasteiger partial charge on any atom is -0.390 e. The van der Waals surface area contributed by atoms with Gasteiger partial charge < -0.3 is 20.8 Å². The number of nitrogens with one attached hydrogen (secondary N) is 2. The van der Waals surface area contributed by atoms with Gasteiger partial charge >= 0.3 is 0 Å². The van der Waals surface area contributed by atoms with Gasteiger partial charge in [0.25, 0.3) is 0 Å². The SMILES string of the molecule is O=C1c2ccccc2C(=O)c2c(NC[C@H](O)CCl)ccc(NC[C@H](O)CCl)c21. The van der Waals surface area contributed by atoms with E-state index in [2.05, 4.69) is 10.6 Å². The van der Waals surface area contributed by atoms with Gasteiger partial charge in [-0.15, -0.1) is 23.2 Å². The molecule has 2 aromatic rings. The number of benzene rings is 2. The van der Waals surface area contributed by atoms with Crippen LogP contribution >= 0.6 is 23.2 Å². The molecule has 0 bridgehead atoms. The predicted molar refractivity (Wildman–Crippen MR) is 110 cm³/mol. The lowest BCUT2D eigenvalue weighted by Crippen LogP contribution is -2.28. The van der Waals surface area contributed by atoms with Gasteiger partial charge in [0.15, 0.2) is 11.6 Å². The molecule has 2 aromatic carbocycles. The quantitative estimate of drug-likeness (QED) is 0.416. The number of carbonyl (C=O) groups excluding carboxylic acids is 2. The van der Waals surface area contributed by atoms with Gasteiger partial charge in [-0.25, -0.2) is 0 Å². The van der Waals surface area contributed by atoms with Gasteiger partial charge in [0.1, 0.15) is 0 Å². The molecule has 0 fully saturated rings. The van der Waals surface area contributed by atoms with Crippen LogP contribution in [0.4, 0.5) is 11.4 Å². The number of aliphatic hydroxyl groups excluding tert-OH is 2. The van der Waals surface area contributed by atoms with Crippen molar-refractivity contribution in [3.63, 3.8) is 0 Å². The zero-order valence-electron chi connectivity index (χ0n) is 14.9. The average Bonchev–Trinajstić information content (AvgIpc) is 2.73. The normalized spacial score (nSPS) is 14.9. The van der Waals surface area contributed by atoms with E-state index in [0.717, 1.165) is 0 Å². The summed E-state index contributed by atoms with van der Waals surface area (Å²) in [6.07, 6.45) is -1.59. The average molecular weight is 423 g/mol. The maximum Gasteiger partial charge on any atom is 0.196 e. The number of hydrogen-bond donors (Lipinski definition) is 4. The smallest absolute Gasteiger partial charge is 0.196 e. The van der Waals surface area contributed by atoms with Crippen LogP contribution in [0.3, 0.4) is 0 Å². The second-order valence-corrected chi connectivity index (χ2v) is 7.11. The number of rotatable bonds is 8. The van der Waals surface area contributed by atoms with E-state index in [9.17, 15) is 19.8 Å². The van der Waals surface area contributed by atoms with Crippen molar-refractivity contribution in [3.05, 3.63) is 58.7 Å². The lowest BCUT2D eigenvalue weighted by molar-refractivity contribution is 0.0980. The molecule has 6 nitrogen and oxygen atoms in total. The summed E-state index contributed by atoms with van der Waals surface area (Å²) in [6, 6.07) is 9.97. The van der Waals surface area contributed by atoms with Crippen LogP contribution in [-0.4, -0.2) is 58.8 Å². The van der Waals surface area contributed by atoms with Gasteiger partial charge in [-0.05, 0) is 12.1 Å². The summed E-state index contributed by atoms with van der Waals surface area (Å²) in [5.74, 6) is -0.481. The predicted octanol–water partition coefficient (Wildman–Crippen LogP) is 2.49. The van der Waals surface area contributed by atoms with Crippen molar-refractivity contribution in [2.24, 2.45) is 0 Å². The molecule has 0 aliphatic heterocycles. The van der Waals surface area contributed by atoms with Crippen LogP contribution in [0.1, 0.15) is 31.8 Å². The molecule has 148 valence electrons. The number of carbonyl (C=O) groups is 2. The number of ketones is 2. The molecule has 2 atom stereocenters. The van der Waals surface area contributed by atoms with Gasteiger partial charge in [-0.1, -0.05) is 24.3 Å². The Morgan fingerprint density at radius 2 is 1.14 bits per heavy atom. The van der Waals surface area contributed by atoms with Crippen molar-refractivity contribution in [2.45, 2.75) is 12.2 Å². The summed E-state index contributed by atoms with van der Waals surface area (Å²) >= 11 is 11.3. The van der Waals surface area contributed by atoms with E-state index in [0.29, 0.717) is 22.5 Å². The summed E-state index contributed by atoms with van der Waals surface area (Å²) in [5.41, 5.74) is 2.01. The van der Waals surface area contributed by atoms with Gasteiger partial charge in [0.05, 0.1) is 35.1 Å². The molecule has 28 heavy (non-hydrogen) atoms. The summed E-state index contributed by atoms with van der Waals surface area (Å²) in [6.45, 7) is 0.271. The molecule has 4 N–H and O–H groups in total. The fourth-order valence-electron chi connectivity index (χ4n) is 3.08.